The second-order valence-electron chi connectivity index (χ2n) is 3.29. The summed E-state index contributed by atoms with van der Waals surface area (Å²) >= 11 is 11.1. The second-order valence-corrected chi connectivity index (χ2v) is 4.46. The van der Waals surface area contributed by atoms with Crippen LogP contribution in [-0.2, 0) is 4.79 Å². The highest BCUT2D eigenvalue weighted by Gasteiger charge is 2.52. The van der Waals surface area contributed by atoms with E-state index in [1.54, 1.807) is 6.08 Å². The van der Waals surface area contributed by atoms with Gasteiger partial charge in [0, 0.05) is 5.92 Å². The van der Waals surface area contributed by atoms with Crippen molar-refractivity contribution in [1.82, 2.24) is 0 Å². The van der Waals surface area contributed by atoms with Crippen molar-refractivity contribution >= 4 is 29.5 Å². The van der Waals surface area contributed by atoms with Crippen molar-refractivity contribution < 1.29 is 4.79 Å². The molecule has 0 N–H and O–H groups in total. The highest BCUT2D eigenvalue weighted by molar-refractivity contribution is 6.45. The summed E-state index contributed by atoms with van der Waals surface area (Å²) in [6.07, 6.45) is 2.68. The van der Waals surface area contributed by atoms with Crippen molar-refractivity contribution in [2.45, 2.75) is 18.7 Å². The summed E-state index contributed by atoms with van der Waals surface area (Å²) < 4.78 is 0. The van der Waals surface area contributed by atoms with Crippen LogP contribution in [0.25, 0.3) is 0 Å². The molecule has 1 atom stereocenters. The van der Waals surface area contributed by atoms with E-state index in [9.17, 15) is 4.79 Å². The van der Waals surface area contributed by atoms with Crippen molar-refractivity contribution in [3.05, 3.63) is 11.6 Å². The fourth-order valence-corrected chi connectivity index (χ4v) is 1.58. The molecule has 1 rings (SSSR count). The molecule has 1 aliphatic rings. The summed E-state index contributed by atoms with van der Waals surface area (Å²) in [7, 11) is 0. The maximum absolute atomic E-state index is 10.4. The van der Waals surface area contributed by atoms with E-state index in [2.05, 4.69) is 0 Å². The van der Waals surface area contributed by atoms with E-state index in [0.717, 1.165) is 11.9 Å². The Balaban J connectivity index is 2.73. The van der Waals surface area contributed by atoms with E-state index in [4.69, 9.17) is 23.2 Å². The predicted molar refractivity (Wildman–Crippen MR) is 46.9 cm³/mol. The maximum Gasteiger partial charge on any atom is 0.127 e. The van der Waals surface area contributed by atoms with Gasteiger partial charge in [-0.1, -0.05) is 25.5 Å². The molecule has 11 heavy (non-hydrogen) atoms. The predicted octanol–water partition coefficient (Wildman–Crippen LogP) is 2.57. The van der Waals surface area contributed by atoms with Crippen LogP contribution in [-0.4, -0.2) is 11.1 Å². The molecule has 3 heteroatoms. The highest BCUT2D eigenvalue weighted by atomic mass is 35.5. The third-order valence-electron chi connectivity index (χ3n) is 2.21. The number of rotatable bonds is 2. The van der Waals surface area contributed by atoms with Crippen LogP contribution in [0, 0.1) is 11.3 Å². The number of aldehydes is 1. The molecule has 1 aliphatic carbocycles. The fourth-order valence-electron chi connectivity index (χ4n) is 1.31. The van der Waals surface area contributed by atoms with Crippen molar-refractivity contribution in [3.8, 4) is 0 Å². The van der Waals surface area contributed by atoms with Crippen LogP contribution >= 0.6 is 23.2 Å². The molecule has 1 nitrogen and oxygen atoms in total. The molecule has 0 aliphatic heterocycles. The fraction of sp³-hybridized carbons (Fsp3) is 0.625. The van der Waals surface area contributed by atoms with E-state index >= 15 is 0 Å². The van der Waals surface area contributed by atoms with Crippen molar-refractivity contribution in [3.63, 3.8) is 0 Å². The zero-order valence-corrected chi connectivity index (χ0v) is 7.99. The van der Waals surface area contributed by atoms with E-state index in [0.29, 0.717) is 0 Å². The number of hydrogen-bond acceptors (Lipinski definition) is 1. The molecule has 0 aromatic rings. The first-order chi connectivity index (χ1) is 5.00. The molecule has 1 fully saturated rings. The Labute approximate surface area is 76.4 Å². The van der Waals surface area contributed by atoms with E-state index in [1.165, 1.54) is 0 Å². The van der Waals surface area contributed by atoms with Gasteiger partial charge in [-0.2, -0.15) is 0 Å². The molecule has 1 saturated carbocycles. The third-order valence-corrected chi connectivity index (χ3v) is 2.47. The molecule has 1 unspecified atom stereocenters. The number of allylic oxidation sites excluding steroid dienone is 2. The van der Waals surface area contributed by atoms with Gasteiger partial charge < -0.3 is 4.79 Å². The Morgan fingerprint density at radius 1 is 1.55 bits per heavy atom. The van der Waals surface area contributed by atoms with Gasteiger partial charge in [0.1, 0.15) is 11.1 Å². The van der Waals surface area contributed by atoms with Crippen molar-refractivity contribution in [2.24, 2.45) is 11.3 Å². The number of alkyl halides is 2. The van der Waals surface area contributed by atoms with Gasteiger partial charge in [-0.05, 0) is 5.41 Å². The summed E-state index contributed by atoms with van der Waals surface area (Å²) in [5.74, 6) is 0.0301. The van der Waals surface area contributed by atoms with Gasteiger partial charge in [0.05, 0.1) is 0 Å². The van der Waals surface area contributed by atoms with E-state index in [1.807, 2.05) is 13.8 Å². The smallest absolute Gasteiger partial charge is 0.127 e. The molecule has 0 radical (unpaired) electrons. The lowest BCUT2D eigenvalue weighted by molar-refractivity contribution is -0.109. The summed E-state index contributed by atoms with van der Waals surface area (Å²) in [5.41, 5.74) is 1.05. The standard InChI is InChI=1S/C8H10Cl2O/c1-8(2)5(3-7(9)10)6(8)4-11/h3-4,6-7H,1-2H3. The van der Waals surface area contributed by atoms with Gasteiger partial charge in [0.25, 0.3) is 0 Å². The molecule has 0 spiro atoms. The Morgan fingerprint density at radius 3 is 2.36 bits per heavy atom. The largest absolute Gasteiger partial charge is 0.303 e. The molecular weight excluding hydrogens is 183 g/mol. The Kier molecular flexibility index (Phi) is 2.31. The lowest BCUT2D eigenvalue weighted by Crippen LogP contribution is -1.89. The summed E-state index contributed by atoms with van der Waals surface area (Å²) in [5, 5.41) is 0. The minimum Gasteiger partial charge on any atom is -0.303 e. The molecule has 0 heterocycles. The van der Waals surface area contributed by atoms with E-state index < -0.39 is 4.84 Å². The van der Waals surface area contributed by atoms with Crippen LogP contribution in [0.5, 0.6) is 0 Å². The molecule has 0 aromatic heterocycles. The van der Waals surface area contributed by atoms with Crippen LogP contribution in [0.2, 0.25) is 0 Å². The molecular formula is C8H10Cl2O. The summed E-state index contributed by atoms with van der Waals surface area (Å²) in [6.45, 7) is 4.02. The first kappa shape index (κ1) is 9.08. The van der Waals surface area contributed by atoms with Crippen LogP contribution in [0.3, 0.4) is 0 Å². The first-order valence-corrected chi connectivity index (χ1v) is 4.33. The third kappa shape index (κ3) is 1.60. The van der Waals surface area contributed by atoms with Gasteiger partial charge in [0.2, 0.25) is 0 Å². The van der Waals surface area contributed by atoms with Crippen LogP contribution in [0.15, 0.2) is 11.6 Å². The lowest BCUT2D eigenvalue weighted by Gasteiger charge is -1.93. The van der Waals surface area contributed by atoms with Gasteiger partial charge in [-0.25, -0.2) is 0 Å². The first-order valence-electron chi connectivity index (χ1n) is 3.45. The Morgan fingerprint density at radius 2 is 2.09 bits per heavy atom. The number of carbonyl (C=O) groups excluding carboxylic acids is 1. The van der Waals surface area contributed by atoms with Crippen molar-refractivity contribution in [1.29, 1.82) is 0 Å². The quantitative estimate of drug-likeness (QED) is 0.374. The Hall–Kier alpha value is -0.0100. The van der Waals surface area contributed by atoms with Crippen LogP contribution in [0.1, 0.15) is 13.8 Å². The van der Waals surface area contributed by atoms with Gasteiger partial charge in [-0.15, -0.1) is 23.2 Å². The minimum absolute atomic E-state index is 0.0101. The summed E-state index contributed by atoms with van der Waals surface area (Å²) in [4.78, 5) is 9.96. The van der Waals surface area contributed by atoms with Gasteiger partial charge >= 0.3 is 0 Å². The molecule has 0 saturated heterocycles. The summed E-state index contributed by atoms with van der Waals surface area (Å²) in [6, 6.07) is 0. The Bertz CT molecular complexity index is 206. The molecule has 62 valence electrons. The number of hydrogen-bond donors (Lipinski definition) is 0. The topological polar surface area (TPSA) is 17.1 Å². The lowest BCUT2D eigenvalue weighted by atomic mass is 10.1. The van der Waals surface area contributed by atoms with E-state index in [-0.39, 0.29) is 11.3 Å². The SMILES string of the molecule is CC1(C)C(=CC(Cl)Cl)C1C=O. The molecule has 0 aromatic carbocycles. The molecule has 0 amide bonds. The zero-order chi connectivity index (χ0) is 8.65. The van der Waals surface area contributed by atoms with Crippen LogP contribution < -0.4 is 0 Å². The monoisotopic (exact) mass is 192 g/mol. The second kappa shape index (κ2) is 2.80. The number of carbonyl (C=O) groups is 1. The van der Waals surface area contributed by atoms with Crippen LogP contribution in [0.4, 0.5) is 0 Å². The van der Waals surface area contributed by atoms with Crippen molar-refractivity contribution in [2.75, 3.05) is 0 Å². The highest BCUT2D eigenvalue weighted by Crippen LogP contribution is 2.56. The minimum atomic E-state index is -0.491. The zero-order valence-electron chi connectivity index (χ0n) is 6.47. The molecule has 0 bridgehead atoms. The average Bonchev–Trinajstić information content (AvgIpc) is 2.33. The maximum atomic E-state index is 10.4. The average molecular weight is 193 g/mol. The van der Waals surface area contributed by atoms with Gasteiger partial charge in [-0.3, -0.25) is 0 Å². The normalized spacial score (nSPS) is 31.0. The van der Waals surface area contributed by atoms with Gasteiger partial charge in [0.15, 0.2) is 0 Å². The number of halogens is 2.